The summed E-state index contributed by atoms with van der Waals surface area (Å²) in [5, 5.41) is 4.10. The number of nitrogens with zero attached hydrogens (tertiary/aromatic N) is 2. The minimum Gasteiger partial charge on any atom is -0.385 e. The molecule has 118 valence electrons. The molecule has 1 aliphatic rings. The van der Waals surface area contributed by atoms with Crippen molar-refractivity contribution >= 4 is 0 Å². The van der Waals surface area contributed by atoms with Gasteiger partial charge in [0.15, 0.2) is 0 Å². The summed E-state index contributed by atoms with van der Waals surface area (Å²) < 4.78 is 44.7. The molecule has 0 N–H and O–H groups in total. The molecule has 0 saturated heterocycles. The van der Waals surface area contributed by atoms with Crippen molar-refractivity contribution in [2.24, 2.45) is 0 Å². The zero-order chi connectivity index (χ0) is 15.5. The van der Waals surface area contributed by atoms with Gasteiger partial charge in [0.05, 0.1) is 5.69 Å². The van der Waals surface area contributed by atoms with Crippen LogP contribution in [0.5, 0.6) is 0 Å². The Morgan fingerprint density at radius 2 is 2.05 bits per heavy atom. The normalized spacial score (nSPS) is 15.4. The van der Waals surface area contributed by atoms with Gasteiger partial charge in [0.1, 0.15) is 5.56 Å². The SMILES string of the molecule is COCCCCCn1nc(C2CC2)cc(C(F)(F)F)c1=O. The molecule has 0 unspecified atom stereocenters. The highest BCUT2D eigenvalue weighted by atomic mass is 19.4. The largest absolute Gasteiger partial charge is 0.421 e. The van der Waals surface area contributed by atoms with E-state index in [2.05, 4.69) is 5.10 Å². The highest BCUT2D eigenvalue weighted by molar-refractivity contribution is 5.22. The lowest BCUT2D eigenvalue weighted by atomic mass is 10.2. The van der Waals surface area contributed by atoms with Gasteiger partial charge >= 0.3 is 6.18 Å². The number of halogens is 3. The van der Waals surface area contributed by atoms with E-state index in [1.807, 2.05) is 0 Å². The van der Waals surface area contributed by atoms with E-state index in [0.29, 0.717) is 18.7 Å². The molecule has 1 aliphatic carbocycles. The number of aromatic nitrogens is 2. The van der Waals surface area contributed by atoms with Gasteiger partial charge in [-0.25, -0.2) is 4.68 Å². The van der Waals surface area contributed by atoms with E-state index < -0.39 is 17.3 Å². The zero-order valence-electron chi connectivity index (χ0n) is 11.9. The van der Waals surface area contributed by atoms with Crippen LogP contribution in [0.2, 0.25) is 0 Å². The Kier molecular flexibility index (Phi) is 5.03. The number of methoxy groups -OCH3 is 1. The average Bonchev–Trinajstić information content (AvgIpc) is 3.23. The number of alkyl halides is 3. The number of hydrogen-bond donors (Lipinski definition) is 0. The van der Waals surface area contributed by atoms with E-state index in [0.717, 1.165) is 36.4 Å². The van der Waals surface area contributed by atoms with Crippen molar-refractivity contribution < 1.29 is 17.9 Å². The van der Waals surface area contributed by atoms with Crippen molar-refractivity contribution in [3.05, 3.63) is 27.7 Å². The lowest BCUT2D eigenvalue weighted by molar-refractivity contribution is -0.139. The van der Waals surface area contributed by atoms with Crippen molar-refractivity contribution in [3.8, 4) is 0 Å². The van der Waals surface area contributed by atoms with E-state index in [-0.39, 0.29) is 12.5 Å². The Labute approximate surface area is 120 Å². The first-order valence-electron chi connectivity index (χ1n) is 7.11. The van der Waals surface area contributed by atoms with Crippen molar-refractivity contribution in [2.75, 3.05) is 13.7 Å². The summed E-state index contributed by atoms with van der Waals surface area (Å²) in [6.45, 7) is 0.824. The second-order valence-electron chi connectivity index (χ2n) is 5.34. The van der Waals surface area contributed by atoms with Crippen molar-refractivity contribution in [1.82, 2.24) is 9.78 Å². The average molecular weight is 304 g/mol. The van der Waals surface area contributed by atoms with Crippen LogP contribution in [0.15, 0.2) is 10.9 Å². The number of aryl methyl sites for hydroxylation is 1. The van der Waals surface area contributed by atoms with Crippen LogP contribution in [-0.2, 0) is 17.5 Å². The molecule has 2 rings (SSSR count). The van der Waals surface area contributed by atoms with E-state index in [1.54, 1.807) is 7.11 Å². The molecular formula is C14H19F3N2O2. The fourth-order valence-corrected chi connectivity index (χ4v) is 2.18. The Morgan fingerprint density at radius 3 is 2.62 bits per heavy atom. The third-order valence-corrected chi connectivity index (χ3v) is 3.51. The molecule has 0 amide bonds. The van der Waals surface area contributed by atoms with Gasteiger partial charge < -0.3 is 4.74 Å². The minimum atomic E-state index is -4.62. The van der Waals surface area contributed by atoms with Gasteiger partial charge in [-0.15, -0.1) is 0 Å². The van der Waals surface area contributed by atoms with E-state index in [9.17, 15) is 18.0 Å². The summed E-state index contributed by atoms with van der Waals surface area (Å²) in [5.41, 5.74) is -1.76. The molecule has 1 heterocycles. The maximum absolute atomic E-state index is 12.9. The van der Waals surface area contributed by atoms with Gasteiger partial charge in [-0.2, -0.15) is 18.3 Å². The predicted octanol–water partition coefficient (Wildman–Crippen LogP) is 2.96. The first-order valence-corrected chi connectivity index (χ1v) is 7.11. The summed E-state index contributed by atoms with van der Waals surface area (Å²) in [4.78, 5) is 11.9. The summed E-state index contributed by atoms with van der Waals surface area (Å²) >= 11 is 0. The molecule has 1 fully saturated rings. The molecule has 4 nitrogen and oxygen atoms in total. The summed E-state index contributed by atoms with van der Waals surface area (Å²) in [6, 6.07) is 0.918. The number of ether oxygens (including phenoxy) is 1. The van der Waals surface area contributed by atoms with Gasteiger partial charge in [0, 0.05) is 26.2 Å². The summed E-state index contributed by atoms with van der Waals surface area (Å²) in [7, 11) is 1.60. The Bertz CT molecular complexity index is 536. The molecule has 0 bridgehead atoms. The van der Waals surface area contributed by atoms with E-state index in [1.165, 1.54) is 0 Å². The maximum Gasteiger partial charge on any atom is 0.421 e. The monoisotopic (exact) mass is 304 g/mol. The lowest BCUT2D eigenvalue weighted by Gasteiger charge is -2.12. The van der Waals surface area contributed by atoms with Crippen LogP contribution in [-0.4, -0.2) is 23.5 Å². The highest BCUT2D eigenvalue weighted by Crippen LogP contribution is 2.40. The predicted molar refractivity (Wildman–Crippen MR) is 71.2 cm³/mol. The second kappa shape index (κ2) is 6.60. The molecule has 0 aliphatic heterocycles. The molecular weight excluding hydrogens is 285 g/mol. The fraction of sp³-hybridized carbons (Fsp3) is 0.714. The molecule has 0 radical (unpaired) electrons. The van der Waals surface area contributed by atoms with Crippen molar-refractivity contribution in [3.63, 3.8) is 0 Å². The van der Waals surface area contributed by atoms with Crippen LogP contribution in [0.25, 0.3) is 0 Å². The number of rotatable bonds is 7. The van der Waals surface area contributed by atoms with E-state index >= 15 is 0 Å². The van der Waals surface area contributed by atoms with Gasteiger partial charge in [-0.3, -0.25) is 4.79 Å². The molecule has 0 atom stereocenters. The Hall–Kier alpha value is -1.37. The zero-order valence-corrected chi connectivity index (χ0v) is 11.9. The molecule has 0 aromatic carbocycles. The Balaban J connectivity index is 2.15. The highest BCUT2D eigenvalue weighted by Gasteiger charge is 2.37. The molecule has 21 heavy (non-hydrogen) atoms. The number of unbranched alkanes of at least 4 members (excludes halogenated alkanes) is 2. The third-order valence-electron chi connectivity index (χ3n) is 3.51. The number of hydrogen-bond acceptors (Lipinski definition) is 3. The lowest BCUT2D eigenvalue weighted by Crippen LogP contribution is -2.31. The van der Waals surface area contributed by atoms with Gasteiger partial charge in [-0.1, -0.05) is 0 Å². The van der Waals surface area contributed by atoms with Gasteiger partial charge in [-0.05, 0) is 38.2 Å². The van der Waals surface area contributed by atoms with Crippen LogP contribution in [0.3, 0.4) is 0 Å². The minimum absolute atomic E-state index is 0.0754. The quantitative estimate of drug-likeness (QED) is 0.727. The standard InChI is InChI=1S/C14H19F3N2O2/c1-21-8-4-2-3-7-19-13(20)11(14(15,16)17)9-12(18-19)10-5-6-10/h9-10H,2-8H2,1H3. The van der Waals surface area contributed by atoms with Crippen molar-refractivity contribution in [1.29, 1.82) is 0 Å². The third kappa shape index (κ3) is 4.30. The first kappa shape index (κ1) is 16.0. The molecule has 0 spiro atoms. The van der Waals surface area contributed by atoms with Crippen LogP contribution in [0.4, 0.5) is 13.2 Å². The Morgan fingerprint density at radius 1 is 1.33 bits per heavy atom. The second-order valence-corrected chi connectivity index (χ2v) is 5.34. The van der Waals surface area contributed by atoms with Crippen LogP contribution in [0.1, 0.15) is 49.3 Å². The summed E-state index contributed by atoms with van der Waals surface area (Å²) in [5.74, 6) is 0.0754. The molecule has 1 aromatic rings. The van der Waals surface area contributed by atoms with Crippen molar-refractivity contribution in [2.45, 2.75) is 50.7 Å². The van der Waals surface area contributed by atoms with Crippen LogP contribution in [0, 0.1) is 0 Å². The van der Waals surface area contributed by atoms with Gasteiger partial charge in [0.2, 0.25) is 0 Å². The molecule has 7 heteroatoms. The molecule has 1 aromatic heterocycles. The van der Waals surface area contributed by atoms with Crippen LogP contribution < -0.4 is 5.56 Å². The maximum atomic E-state index is 12.9. The van der Waals surface area contributed by atoms with Gasteiger partial charge in [0.25, 0.3) is 5.56 Å². The first-order chi connectivity index (χ1) is 9.93. The smallest absolute Gasteiger partial charge is 0.385 e. The topological polar surface area (TPSA) is 44.1 Å². The molecule has 1 saturated carbocycles. The summed E-state index contributed by atoms with van der Waals surface area (Å²) in [6.07, 6.45) is -0.716. The van der Waals surface area contributed by atoms with E-state index in [4.69, 9.17) is 4.74 Å². The van der Waals surface area contributed by atoms with Crippen LogP contribution >= 0.6 is 0 Å². The fourth-order valence-electron chi connectivity index (χ4n) is 2.18.